The highest BCUT2D eigenvalue weighted by Crippen LogP contribution is 2.38. The van der Waals surface area contributed by atoms with Crippen LogP contribution in [0.4, 0.5) is 14.5 Å². The van der Waals surface area contributed by atoms with E-state index in [9.17, 15) is 13.6 Å². The molecule has 9 nitrogen and oxygen atoms in total. The zero-order chi connectivity index (χ0) is 23.7. The number of nitrogens with zero attached hydrogens (tertiary/aromatic N) is 4. The predicted octanol–water partition coefficient (Wildman–Crippen LogP) is 3.72. The number of nitrogens with one attached hydrogen (secondary N) is 2. The minimum absolute atomic E-state index is 0.0375. The fourth-order valence-electron chi connectivity index (χ4n) is 4.05. The fourth-order valence-corrected chi connectivity index (χ4v) is 4.22. The molecule has 2 N–H and O–H groups in total. The summed E-state index contributed by atoms with van der Waals surface area (Å²) in [4.78, 5) is 17.5. The number of aliphatic imine (C=N–C) groups is 1. The predicted molar refractivity (Wildman–Crippen MR) is 122 cm³/mol. The molecule has 0 bridgehead atoms. The molecule has 0 aliphatic carbocycles. The van der Waals surface area contributed by atoms with Crippen LogP contribution in [0.3, 0.4) is 0 Å². The number of fused-ring (bicyclic) bond motifs is 1. The van der Waals surface area contributed by atoms with Gasteiger partial charge in [0.15, 0.2) is 5.82 Å². The molecular weight excluding hydrogens is 470 g/mol. The number of hydrogen-bond acceptors (Lipinski definition) is 7. The zero-order valence-electron chi connectivity index (χ0n) is 17.9. The maximum Gasteiger partial charge on any atom is 0.387 e. The third-order valence-corrected chi connectivity index (χ3v) is 5.91. The van der Waals surface area contributed by atoms with Gasteiger partial charge in [0.1, 0.15) is 11.4 Å². The molecule has 5 rings (SSSR count). The first kappa shape index (κ1) is 22.5. The summed E-state index contributed by atoms with van der Waals surface area (Å²) in [7, 11) is 0. The van der Waals surface area contributed by atoms with E-state index < -0.39 is 6.61 Å². The molecule has 12 heteroatoms. The molecule has 0 spiro atoms. The Balaban J connectivity index is 1.54. The normalized spacial score (nSPS) is 18.1. The van der Waals surface area contributed by atoms with Crippen molar-refractivity contribution >= 4 is 29.4 Å². The SMILES string of the molecule is O=C(Nc1cn(C2CCOCC2)nc1-c1cc(Cl)ccc1OC(F)F)C1=C2N=CC=CN2NC1. The van der Waals surface area contributed by atoms with Gasteiger partial charge in [0.25, 0.3) is 5.91 Å². The standard InChI is InChI=1S/C22H21ClF2N6O3/c23-13-2-3-18(34-22(24)25)15(10-13)19-17(12-31(29-19)14-4-8-33-9-5-14)28-21(32)16-11-27-30-7-1-6-26-20(16)30/h1-3,6-7,10,12,14,22,27H,4-5,8-9,11H2,(H,28,32). The number of ether oxygens (including phenoxy) is 2. The van der Waals surface area contributed by atoms with Crippen LogP contribution in [-0.2, 0) is 9.53 Å². The summed E-state index contributed by atoms with van der Waals surface area (Å²) in [5, 5.41) is 9.51. The molecular formula is C22H21ClF2N6O3. The molecule has 3 aliphatic rings. The van der Waals surface area contributed by atoms with E-state index in [-0.39, 0.29) is 35.5 Å². The van der Waals surface area contributed by atoms with Crippen LogP contribution >= 0.6 is 11.6 Å². The van der Waals surface area contributed by atoms with Crippen LogP contribution in [0.25, 0.3) is 11.3 Å². The lowest BCUT2D eigenvalue weighted by Crippen LogP contribution is -2.27. The lowest BCUT2D eigenvalue weighted by molar-refractivity contribution is -0.112. The van der Waals surface area contributed by atoms with Gasteiger partial charge in [-0.25, -0.2) is 10.4 Å². The molecule has 0 radical (unpaired) electrons. The van der Waals surface area contributed by atoms with Crippen LogP contribution in [0, 0.1) is 0 Å². The molecule has 0 unspecified atom stereocenters. The topological polar surface area (TPSA) is 93.0 Å². The largest absolute Gasteiger partial charge is 0.434 e. The Kier molecular flexibility index (Phi) is 6.31. The summed E-state index contributed by atoms with van der Waals surface area (Å²) in [6, 6.07) is 4.34. The van der Waals surface area contributed by atoms with Crippen molar-refractivity contribution in [3.8, 4) is 17.0 Å². The fraction of sp³-hybridized carbons (Fsp3) is 0.318. The molecule has 2 aromatic rings. The number of hydrazine groups is 1. The van der Waals surface area contributed by atoms with Crippen LogP contribution in [0.15, 0.2) is 53.1 Å². The second-order valence-corrected chi connectivity index (χ2v) is 8.25. The molecule has 1 fully saturated rings. The highest BCUT2D eigenvalue weighted by atomic mass is 35.5. The van der Waals surface area contributed by atoms with E-state index in [1.807, 2.05) is 0 Å². The Morgan fingerprint density at radius 2 is 2.15 bits per heavy atom. The molecule has 1 aromatic carbocycles. The van der Waals surface area contributed by atoms with E-state index in [1.165, 1.54) is 18.2 Å². The van der Waals surface area contributed by atoms with Crippen LogP contribution < -0.4 is 15.5 Å². The van der Waals surface area contributed by atoms with Crippen LogP contribution in [0.2, 0.25) is 5.02 Å². The van der Waals surface area contributed by atoms with Crippen molar-refractivity contribution in [2.24, 2.45) is 4.99 Å². The molecule has 4 heterocycles. The number of benzene rings is 1. The minimum atomic E-state index is -3.03. The average molecular weight is 491 g/mol. The Morgan fingerprint density at radius 1 is 1.32 bits per heavy atom. The Morgan fingerprint density at radius 3 is 2.94 bits per heavy atom. The molecule has 3 aliphatic heterocycles. The van der Waals surface area contributed by atoms with Gasteiger partial charge in [0.05, 0.1) is 17.3 Å². The van der Waals surface area contributed by atoms with Gasteiger partial charge in [-0.2, -0.15) is 13.9 Å². The third-order valence-electron chi connectivity index (χ3n) is 5.67. The number of halogens is 3. The minimum Gasteiger partial charge on any atom is -0.434 e. The molecule has 1 saturated heterocycles. The monoisotopic (exact) mass is 490 g/mol. The maximum absolute atomic E-state index is 13.2. The summed E-state index contributed by atoms with van der Waals surface area (Å²) in [6.07, 6.45) is 8.28. The van der Waals surface area contributed by atoms with Gasteiger partial charge < -0.3 is 14.8 Å². The first-order valence-corrected chi connectivity index (χ1v) is 11.1. The van der Waals surface area contributed by atoms with Gasteiger partial charge in [-0.1, -0.05) is 11.6 Å². The van der Waals surface area contributed by atoms with Gasteiger partial charge >= 0.3 is 6.61 Å². The summed E-state index contributed by atoms with van der Waals surface area (Å²) < 4.78 is 38.1. The van der Waals surface area contributed by atoms with Gasteiger partial charge in [-0.05, 0) is 37.1 Å². The summed E-state index contributed by atoms with van der Waals surface area (Å²) in [5.41, 5.74) is 4.36. The van der Waals surface area contributed by atoms with Crippen molar-refractivity contribution in [3.63, 3.8) is 0 Å². The summed E-state index contributed by atoms with van der Waals surface area (Å²) in [6.45, 7) is -1.58. The van der Waals surface area contributed by atoms with Crippen molar-refractivity contribution in [2.75, 3.05) is 25.1 Å². The zero-order valence-corrected chi connectivity index (χ0v) is 18.6. The number of rotatable bonds is 6. The van der Waals surface area contributed by atoms with Crippen molar-refractivity contribution < 1.29 is 23.0 Å². The lowest BCUT2D eigenvalue weighted by atomic mass is 10.1. The first-order chi connectivity index (χ1) is 16.5. The van der Waals surface area contributed by atoms with Crippen LogP contribution in [-0.4, -0.2) is 53.3 Å². The van der Waals surface area contributed by atoms with Gasteiger partial charge in [-0.3, -0.25) is 14.5 Å². The van der Waals surface area contributed by atoms with E-state index >= 15 is 0 Å². The molecule has 1 aromatic heterocycles. The Labute approximate surface area is 198 Å². The molecule has 1 amide bonds. The number of alkyl halides is 2. The number of aromatic nitrogens is 2. The molecule has 0 atom stereocenters. The number of anilines is 1. The number of amides is 1. The number of carbonyl (C=O) groups excluding carboxylic acids is 1. The number of carbonyl (C=O) groups is 1. The summed E-state index contributed by atoms with van der Waals surface area (Å²) >= 11 is 6.17. The maximum atomic E-state index is 13.2. The van der Waals surface area contributed by atoms with E-state index in [4.69, 9.17) is 21.1 Å². The average Bonchev–Trinajstić information content (AvgIpc) is 3.45. The lowest BCUT2D eigenvalue weighted by Gasteiger charge is -2.22. The third kappa shape index (κ3) is 4.54. The highest BCUT2D eigenvalue weighted by molar-refractivity contribution is 6.31. The van der Waals surface area contributed by atoms with Gasteiger partial charge in [-0.15, -0.1) is 0 Å². The number of hydrogen-bond donors (Lipinski definition) is 2. The van der Waals surface area contributed by atoms with Crippen molar-refractivity contribution in [1.82, 2.24) is 20.2 Å². The van der Waals surface area contributed by atoms with Crippen LogP contribution in [0.5, 0.6) is 5.75 Å². The van der Waals surface area contributed by atoms with Crippen molar-refractivity contribution in [2.45, 2.75) is 25.5 Å². The van der Waals surface area contributed by atoms with E-state index in [0.29, 0.717) is 35.3 Å². The second-order valence-electron chi connectivity index (χ2n) is 7.81. The Bertz CT molecular complexity index is 1190. The van der Waals surface area contributed by atoms with Crippen LogP contribution in [0.1, 0.15) is 18.9 Å². The molecule has 178 valence electrons. The van der Waals surface area contributed by atoms with E-state index in [1.54, 1.807) is 34.4 Å². The first-order valence-electron chi connectivity index (χ1n) is 10.7. The molecule has 34 heavy (non-hydrogen) atoms. The number of allylic oxidation sites excluding steroid dienone is 1. The van der Waals surface area contributed by atoms with Gasteiger partial charge in [0, 0.05) is 49.0 Å². The smallest absolute Gasteiger partial charge is 0.387 e. The highest BCUT2D eigenvalue weighted by Gasteiger charge is 2.29. The molecule has 0 saturated carbocycles. The van der Waals surface area contributed by atoms with E-state index in [2.05, 4.69) is 20.8 Å². The van der Waals surface area contributed by atoms with E-state index in [0.717, 1.165) is 12.8 Å². The quantitative estimate of drug-likeness (QED) is 0.641. The second kappa shape index (κ2) is 9.53. The Hall–Kier alpha value is -3.28. The van der Waals surface area contributed by atoms with Crippen molar-refractivity contribution in [1.29, 1.82) is 0 Å². The van der Waals surface area contributed by atoms with Gasteiger partial charge in [0.2, 0.25) is 0 Å². The summed E-state index contributed by atoms with van der Waals surface area (Å²) in [5.74, 6) is 0.0105. The van der Waals surface area contributed by atoms with Crippen molar-refractivity contribution in [3.05, 3.63) is 53.1 Å².